The second-order valence-corrected chi connectivity index (χ2v) is 26.5. The lowest BCUT2D eigenvalue weighted by Gasteiger charge is -2.19. The highest BCUT2D eigenvalue weighted by Gasteiger charge is 2.23. The maximum Gasteiger partial charge on any atom is 0.347 e. The molecule has 35 heteroatoms. The number of hydrogen-bond acceptors (Lipinski definition) is 33. The van der Waals surface area contributed by atoms with Crippen molar-refractivity contribution in [2.24, 2.45) is 0 Å². The number of carboxylic acid groups (broad SMARTS) is 2. The molecule has 3 atom stereocenters. The fraction of sp³-hybridized carbons (Fsp3) is 0.695. The van der Waals surface area contributed by atoms with Gasteiger partial charge in [-0.25, -0.2) is 28.8 Å². The van der Waals surface area contributed by atoms with Crippen molar-refractivity contribution in [3.63, 3.8) is 0 Å². The average Bonchev–Trinajstić information content (AvgIpc) is 0.841. The Labute approximate surface area is 825 Å². The van der Waals surface area contributed by atoms with Crippen LogP contribution in [0.1, 0.15) is 394 Å². The minimum absolute atomic E-state index is 0.0198. The van der Waals surface area contributed by atoms with Gasteiger partial charge in [0.25, 0.3) is 0 Å². The molecule has 2 rings (SSSR count). The maximum absolute atomic E-state index is 11.8. The first-order valence-electron chi connectivity index (χ1n) is 58.0. The molecule has 0 aliphatic rings. The number of benzene rings is 2. The normalized spacial score (nSPS) is 17.1. The molecule has 35 nitrogen and oxygen atoms in total. The van der Waals surface area contributed by atoms with Gasteiger partial charge in [0.05, 0.1) is 43.0 Å². The molecule has 0 amide bonds. The predicted molar refractivity (Wildman–Crippen MR) is 484 cm³/mol. The minimum Gasteiger partial charge on any atom is -0.481 e. The molecule has 2 aromatic rings. The van der Waals surface area contributed by atoms with Gasteiger partial charge in [0.2, 0.25) is 0 Å². The fourth-order valence-corrected chi connectivity index (χ4v) is 6.08. The van der Waals surface area contributed by atoms with Crippen LogP contribution < -0.4 is 0 Å². The number of aliphatic carboxylic acids is 2. The van der Waals surface area contributed by atoms with E-state index in [1.54, 1.807) is 125 Å². The largest absolute Gasteiger partial charge is 0.481 e. The van der Waals surface area contributed by atoms with Gasteiger partial charge in [-0.3, -0.25) is 52.7 Å². The number of rotatable bonds is 48. The first kappa shape index (κ1) is 75.0. The number of aliphatic hydroxyl groups is 1. The summed E-state index contributed by atoms with van der Waals surface area (Å²) in [4.78, 5) is 190. The number of ether oxygens (including phenoxy) is 15. The number of carbonyl (C=O) groups excluding carboxylic acids is 15. The summed E-state index contributed by atoms with van der Waals surface area (Å²) in [6.07, 6.45) is -49.9. The molecule has 0 aliphatic carbocycles. The predicted octanol–water partition coefficient (Wildman–Crippen LogP) is 16.5. The Hall–Kier alpha value is -10.6. The van der Waals surface area contributed by atoms with Gasteiger partial charge >= 0.3 is 101 Å². The van der Waals surface area contributed by atoms with Crippen molar-refractivity contribution in [2.45, 2.75) is 380 Å². The Kier molecular flexibility index (Phi) is 52.1. The van der Waals surface area contributed by atoms with Gasteiger partial charge in [0, 0.05) is 113 Å². The van der Waals surface area contributed by atoms with E-state index in [1.165, 1.54) is 27.7 Å². The Bertz CT molecular complexity index is 5090. The summed E-state index contributed by atoms with van der Waals surface area (Å²) >= 11 is 0. The van der Waals surface area contributed by atoms with Gasteiger partial charge in [-0.05, 0) is 166 Å². The number of hydrogen-bond donors (Lipinski definition) is 3. The van der Waals surface area contributed by atoms with Crippen molar-refractivity contribution in [1.82, 2.24) is 0 Å². The molecule has 0 saturated carbocycles. The van der Waals surface area contributed by atoms with Gasteiger partial charge in [-0.15, -0.1) is 0 Å². The van der Waals surface area contributed by atoms with Crippen LogP contribution in [0, 0.1) is 0 Å². The minimum atomic E-state index is -2.74. The molecule has 0 aromatic heterocycles. The van der Waals surface area contributed by atoms with Crippen LogP contribution in [0.15, 0.2) is 60.7 Å². The van der Waals surface area contributed by atoms with E-state index in [-0.39, 0.29) is 26.4 Å². The first-order valence-corrected chi connectivity index (χ1v) is 39.0. The lowest BCUT2D eigenvalue weighted by molar-refractivity contribution is -0.167. The maximum atomic E-state index is 11.8. The first-order chi connectivity index (χ1) is 74.1. The topological polar surface area (TPSA) is 489 Å². The zero-order valence-electron chi connectivity index (χ0n) is 116. The second-order valence-electron chi connectivity index (χ2n) is 26.5. The molecule has 0 heterocycles. The number of methoxy groups -OCH3 is 2. The van der Waals surface area contributed by atoms with Crippen LogP contribution in [0.5, 0.6) is 0 Å². The highest BCUT2D eigenvalue weighted by atomic mass is 16.6. The van der Waals surface area contributed by atoms with Crippen LogP contribution in [-0.4, -0.2) is 206 Å². The molecule has 0 aliphatic heterocycles. The van der Waals surface area contributed by atoms with Crippen molar-refractivity contribution in [3.8, 4) is 0 Å². The standard InChI is InChI=1S/C15H20O4.C14H18O4.C10H18O4.2C9H16O4.C9H18O2.2C8H14O4.C8H16O3.C5H10O2/c1-3-4-10-14(16)19-12(2)15(17)18-11-13-8-6-5-7-9-13;1-2-3-9-13(15)18-11-14(16)17-10-12-7-5-4-6-8-12;1-4-6-7-9(11)14-8(3)10(12)13-5-2;1-4-5-6-8(10)13-7(2)9(11)12-3;1-3-5-6-8(10)13-7-9(11)12-4-2;1-5-6-7-8(10)11-9(2,3)4;1-8(2,3)12-7(11)5-4-6(9)10;1-3-4-5-7(9)12-6-8(10)11-2;1-8(2,3)11-7(10)5-4-6-9;1-2-3-4-5(6)7/h5-9,12H,3-4,10-11H2,1-2H3;4-8H,2-3,9-11H2,1H3;8H,4-7H2,1-3H3;7H,4-6H2,1-3H3;3-7H2,1-2H3;5-7H2,1-4H3;4-5H2,1-3H3,(H,9,10);3-6H2,1-2H3;9H,4-6H2,1-3H3;2-4H2,1H3,(H,6,7)/t12-;;8-;7-;;;;;;/m0.00....../s1/i3D2,10D2;2D2,9D2;4D2,7D2;4D2,6D2;3D2,6D2;5D2,7D2;5D2;3D2,5D2;5D2,6D2;2D2,4D2. The summed E-state index contributed by atoms with van der Waals surface area (Å²) in [7, 11) is 2.22. The quantitative estimate of drug-likeness (QED) is 0.0409. The van der Waals surface area contributed by atoms with Crippen LogP contribution in [-0.2, 0) is 166 Å². The lowest BCUT2D eigenvalue weighted by atomic mass is 10.2. The van der Waals surface area contributed by atoms with Crippen molar-refractivity contribution in [3.05, 3.63) is 71.8 Å². The lowest BCUT2D eigenvalue weighted by Crippen LogP contribution is -2.26. The second kappa shape index (κ2) is 90.3. The van der Waals surface area contributed by atoms with E-state index in [4.69, 9.17) is 95.8 Å². The van der Waals surface area contributed by atoms with Crippen LogP contribution in [0.4, 0.5) is 0 Å². The van der Waals surface area contributed by atoms with Crippen molar-refractivity contribution in [2.75, 3.05) is 53.8 Å². The van der Waals surface area contributed by atoms with E-state index in [1.807, 2.05) is 12.1 Å². The van der Waals surface area contributed by atoms with E-state index in [0.717, 1.165) is 73.8 Å². The third-order valence-corrected chi connectivity index (χ3v) is 11.5. The van der Waals surface area contributed by atoms with Crippen LogP contribution >= 0.6 is 0 Å². The van der Waals surface area contributed by atoms with E-state index >= 15 is 0 Å². The third kappa shape index (κ3) is 110. The van der Waals surface area contributed by atoms with Gasteiger partial charge in [0.1, 0.15) is 30.0 Å². The Morgan fingerprint density at radius 2 is 0.569 bits per heavy atom. The summed E-state index contributed by atoms with van der Waals surface area (Å²) in [6.45, 7) is 26.2. The molecule has 0 bridgehead atoms. The molecule has 3 N–H and O–H groups in total. The van der Waals surface area contributed by atoms with Gasteiger partial charge in [0.15, 0.2) is 38.1 Å². The summed E-state index contributed by atoms with van der Waals surface area (Å²) in [5.41, 5.74) is -0.869. The molecule has 2 aromatic carbocycles. The monoisotopic (exact) mass is 1900 g/mol. The number of esters is 15. The molecule has 0 fully saturated rings. The molecule has 750 valence electrons. The smallest absolute Gasteiger partial charge is 0.347 e. The van der Waals surface area contributed by atoms with Gasteiger partial charge in [-0.1, -0.05) is 167 Å². The molecule has 0 unspecified atom stereocenters. The highest BCUT2D eigenvalue weighted by molar-refractivity contribution is 5.82. The van der Waals surface area contributed by atoms with Crippen molar-refractivity contribution < 1.29 is 220 Å². The summed E-state index contributed by atoms with van der Waals surface area (Å²) < 4.78 is 344. The Morgan fingerprint density at radius 3 is 0.846 bits per heavy atom. The molecule has 0 radical (unpaired) electrons. The molecule has 0 spiro atoms. The Balaban J connectivity index is -0.000000284. The van der Waals surface area contributed by atoms with Crippen LogP contribution in [0.3, 0.4) is 0 Å². The molecule has 130 heavy (non-hydrogen) atoms. The summed E-state index contributed by atoms with van der Waals surface area (Å²) in [5, 5.41) is 25.4. The van der Waals surface area contributed by atoms with Gasteiger partial charge in [-0.2, -0.15) is 0 Å². The summed E-state index contributed by atoms with van der Waals surface area (Å²) in [5.74, 6) is -18.7. The van der Waals surface area contributed by atoms with E-state index in [9.17, 15) is 81.5 Å². The third-order valence-electron chi connectivity index (χ3n) is 11.5. The van der Waals surface area contributed by atoms with Crippen LogP contribution in [0.2, 0.25) is 0 Å². The van der Waals surface area contributed by atoms with Crippen molar-refractivity contribution in [1.29, 1.82) is 0 Å². The fourth-order valence-electron chi connectivity index (χ4n) is 6.08. The zero-order chi connectivity index (χ0) is 135. The number of carbonyl (C=O) groups is 17. The zero-order valence-corrected chi connectivity index (χ0v) is 78.4. The van der Waals surface area contributed by atoms with E-state index in [2.05, 4.69) is 42.6 Å². The van der Waals surface area contributed by atoms with E-state index in [0.29, 0.717) is 0 Å². The highest BCUT2D eigenvalue weighted by Crippen LogP contribution is 2.14. The Morgan fingerprint density at radius 1 is 0.300 bits per heavy atom. The number of carboxylic acids is 2. The van der Waals surface area contributed by atoms with Crippen molar-refractivity contribution >= 4 is 101 Å². The SMILES string of the molecule is [2H]C([2H])(C)CC([2H])([2H])C(=O)O.[2H]C([2H])(C)CC([2H])([2H])C(=O)OC(C)(C)C.[2H]C([2H])(C)CC([2H])([2H])C(=O)OCC(=O)OC.[2H]C([2H])(C)CC([2H])([2H])C(=O)OCC(=O)OCC.[2H]C([2H])(C)CC([2H])([2H])C(=O)OCC(=O)OCc1ccccc1.[2H]C([2H])(C)CC([2H])([2H])C(=O)O[C@@H](C)C(=O)OC.[2H]C([2H])(C)CC([2H])([2H])C(=O)O[C@@H](C)C(=O)OCC.[2H]C([2H])(C)CC([2H])([2H])C(=O)O[C@@H](C)C(=O)OCc1ccccc1.[2H]C([2H])(CC(=O)O)C(=O)OC(C)(C)C.[2H]C([2H])(O)CC([2H])([2H])C(=O)OC(C)(C)C. The summed E-state index contributed by atoms with van der Waals surface area (Å²) in [6, 6.07) is 17.9. The molecular weight excluding hydrogens is 1700 g/mol. The molecular formula is C95H160O35. The van der Waals surface area contributed by atoms with Crippen LogP contribution in [0.25, 0.3) is 0 Å². The molecule has 0 saturated heterocycles. The van der Waals surface area contributed by atoms with Gasteiger partial charge < -0.3 is 86.4 Å². The van der Waals surface area contributed by atoms with E-state index < -0.39 is 342 Å². The average molecular weight is 1900 g/mol.